The Morgan fingerprint density at radius 1 is 1.33 bits per heavy atom. The van der Waals surface area contributed by atoms with Crippen molar-refractivity contribution in [1.82, 2.24) is 5.32 Å². The lowest BCUT2D eigenvalue weighted by Gasteiger charge is -2.13. The third-order valence-electron chi connectivity index (χ3n) is 2.85. The number of nitrogens with one attached hydrogen (secondary N) is 1. The van der Waals surface area contributed by atoms with Crippen molar-refractivity contribution >= 4 is 21.7 Å². The van der Waals surface area contributed by atoms with Gasteiger partial charge in [0.15, 0.2) is 15.9 Å². The van der Waals surface area contributed by atoms with Crippen LogP contribution in [0.1, 0.15) is 17.3 Å². The molecule has 21 heavy (non-hydrogen) atoms. The van der Waals surface area contributed by atoms with Crippen molar-refractivity contribution in [2.24, 2.45) is 0 Å². The number of amides is 1. The average Bonchev–Trinajstić information content (AvgIpc) is 2.47. The van der Waals surface area contributed by atoms with Gasteiger partial charge in [0.1, 0.15) is 0 Å². The third-order valence-corrected chi connectivity index (χ3v) is 4.64. The molecule has 0 radical (unpaired) electrons. The highest BCUT2D eigenvalue weighted by Crippen LogP contribution is 2.16. The molecule has 0 aliphatic rings. The lowest BCUT2D eigenvalue weighted by molar-refractivity contribution is -0.148. The van der Waals surface area contributed by atoms with Crippen LogP contribution in [0.25, 0.3) is 0 Å². The molecule has 0 aliphatic heterocycles. The first-order valence-electron chi connectivity index (χ1n) is 6.19. The zero-order chi connectivity index (χ0) is 16.0. The lowest BCUT2D eigenvalue weighted by atomic mass is 10.2. The fourth-order valence-corrected chi connectivity index (χ4v) is 2.73. The maximum atomic E-state index is 12.0. The van der Waals surface area contributed by atoms with E-state index < -0.39 is 27.8 Å². The molecule has 7 nitrogen and oxygen atoms in total. The summed E-state index contributed by atoms with van der Waals surface area (Å²) in [6, 6.07) is 5.78. The summed E-state index contributed by atoms with van der Waals surface area (Å²) in [6.45, 7) is 1.22. The number of ether oxygens (including phenoxy) is 1. The minimum absolute atomic E-state index is 0.0143. The molecule has 0 heterocycles. The molecule has 0 saturated carbocycles. The second-order valence-corrected chi connectivity index (χ2v) is 6.42. The minimum atomic E-state index is -3.54. The van der Waals surface area contributed by atoms with E-state index in [4.69, 9.17) is 5.11 Å². The molecule has 1 aromatic rings. The van der Waals surface area contributed by atoms with Gasteiger partial charge < -0.3 is 15.2 Å². The highest BCUT2D eigenvalue weighted by molar-refractivity contribution is 7.91. The Balaban J connectivity index is 2.97. The van der Waals surface area contributed by atoms with E-state index in [1.54, 1.807) is 0 Å². The summed E-state index contributed by atoms with van der Waals surface area (Å²) < 4.78 is 28.5. The summed E-state index contributed by atoms with van der Waals surface area (Å²) in [5.41, 5.74) is -0.0143. The monoisotopic (exact) mass is 315 g/mol. The Hall–Kier alpha value is -1.93. The fraction of sp³-hybridized carbons (Fsp3) is 0.385. The van der Waals surface area contributed by atoms with Crippen LogP contribution in [0.15, 0.2) is 29.2 Å². The SMILES string of the molecule is CCS(=O)(=O)c1ccccc1C(=O)NCC(OC)C(=O)O. The molecule has 0 fully saturated rings. The second-order valence-electron chi connectivity index (χ2n) is 4.17. The number of hydrogen-bond donors (Lipinski definition) is 2. The standard InChI is InChI=1S/C13H17NO6S/c1-3-21(18,19)11-7-5-4-6-9(11)12(15)14-8-10(20-2)13(16)17/h4-7,10H,3,8H2,1-2H3,(H,14,15)(H,16,17). The van der Waals surface area contributed by atoms with Crippen LogP contribution in [0.5, 0.6) is 0 Å². The molecule has 1 aromatic carbocycles. The Labute approximate surface area is 122 Å². The summed E-state index contributed by atoms with van der Waals surface area (Å²) in [5.74, 6) is -2.01. The predicted octanol–water partition coefficient (Wildman–Crippen LogP) is 0.310. The number of rotatable bonds is 7. The molecule has 0 saturated heterocycles. The number of carboxylic acids is 1. The zero-order valence-electron chi connectivity index (χ0n) is 11.7. The van der Waals surface area contributed by atoms with Gasteiger partial charge in [0, 0.05) is 7.11 Å². The van der Waals surface area contributed by atoms with Gasteiger partial charge in [0.05, 0.1) is 22.8 Å². The first-order chi connectivity index (χ1) is 9.83. The molecular weight excluding hydrogens is 298 g/mol. The number of carbonyl (C=O) groups excluding carboxylic acids is 1. The quantitative estimate of drug-likeness (QED) is 0.749. The van der Waals surface area contributed by atoms with Crippen LogP contribution in [-0.2, 0) is 19.4 Å². The zero-order valence-corrected chi connectivity index (χ0v) is 12.5. The van der Waals surface area contributed by atoms with Crippen LogP contribution < -0.4 is 5.32 Å². The minimum Gasteiger partial charge on any atom is -0.479 e. The summed E-state index contributed by atoms with van der Waals surface area (Å²) >= 11 is 0. The predicted molar refractivity (Wildman–Crippen MR) is 74.9 cm³/mol. The number of hydrogen-bond acceptors (Lipinski definition) is 5. The molecule has 0 bridgehead atoms. The second kappa shape index (κ2) is 7.19. The van der Waals surface area contributed by atoms with Gasteiger partial charge in [-0.05, 0) is 12.1 Å². The number of benzene rings is 1. The fourth-order valence-electron chi connectivity index (χ4n) is 1.63. The molecule has 2 N–H and O–H groups in total. The van der Waals surface area contributed by atoms with Crippen molar-refractivity contribution in [3.63, 3.8) is 0 Å². The van der Waals surface area contributed by atoms with Crippen LogP contribution >= 0.6 is 0 Å². The number of aliphatic carboxylic acids is 1. The van der Waals surface area contributed by atoms with Gasteiger partial charge in [-0.3, -0.25) is 4.79 Å². The first-order valence-corrected chi connectivity index (χ1v) is 7.84. The summed E-state index contributed by atoms with van der Waals surface area (Å²) in [5, 5.41) is 11.2. The Bertz CT molecular complexity index is 625. The number of methoxy groups -OCH3 is 1. The van der Waals surface area contributed by atoms with Crippen LogP contribution in [0.3, 0.4) is 0 Å². The van der Waals surface area contributed by atoms with E-state index in [2.05, 4.69) is 10.1 Å². The summed E-state index contributed by atoms with van der Waals surface area (Å²) in [6.07, 6.45) is -1.19. The van der Waals surface area contributed by atoms with Crippen molar-refractivity contribution in [2.75, 3.05) is 19.4 Å². The van der Waals surface area contributed by atoms with Crippen LogP contribution in [0, 0.1) is 0 Å². The van der Waals surface area contributed by atoms with Gasteiger partial charge in [-0.1, -0.05) is 19.1 Å². The van der Waals surface area contributed by atoms with Crippen molar-refractivity contribution < 1.29 is 27.9 Å². The Morgan fingerprint density at radius 3 is 2.48 bits per heavy atom. The van der Waals surface area contributed by atoms with Crippen molar-refractivity contribution in [3.8, 4) is 0 Å². The molecule has 1 rings (SSSR count). The van der Waals surface area contributed by atoms with Crippen molar-refractivity contribution in [3.05, 3.63) is 29.8 Å². The van der Waals surface area contributed by atoms with E-state index in [0.717, 1.165) is 0 Å². The highest BCUT2D eigenvalue weighted by atomic mass is 32.2. The Kier molecular flexibility index (Phi) is 5.86. The van der Waals surface area contributed by atoms with Gasteiger partial charge in [-0.25, -0.2) is 13.2 Å². The van der Waals surface area contributed by atoms with Gasteiger partial charge in [0.2, 0.25) is 0 Å². The van der Waals surface area contributed by atoms with Crippen molar-refractivity contribution in [2.45, 2.75) is 17.9 Å². The maximum Gasteiger partial charge on any atom is 0.334 e. The topological polar surface area (TPSA) is 110 Å². The van der Waals surface area contributed by atoms with E-state index in [-0.39, 0.29) is 22.8 Å². The van der Waals surface area contributed by atoms with Gasteiger partial charge >= 0.3 is 5.97 Å². The third kappa shape index (κ3) is 4.27. The van der Waals surface area contributed by atoms with Crippen LogP contribution in [0.4, 0.5) is 0 Å². The van der Waals surface area contributed by atoms with Gasteiger partial charge in [-0.2, -0.15) is 0 Å². The van der Waals surface area contributed by atoms with E-state index in [1.165, 1.54) is 38.3 Å². The number of carbonyl (C=O) groups is 2. The van der Waals surface area contributed by atoms with E-state index in [9.17, 15) is 18.0 Å². The van der Waals surface area contributed by atoms with E-state index >= 15 is 0 Å². The van der Waals surface area contributed by atoms with Gasteiger partial charge in [-0.15, -0.1) is 0 Å². The summed E-state index contributed by atoms with van der Waals surface area (Å²) in [7, 11) is -2.33. The summed E-state index contributed by atoms with van der Waals surface area (Å²) in [4.78, 5) is 22.8. The largest absolute Gasteiger partial charge is 0.479 e. The molecule has 8 heteroatoms. The molecular formula is C13H17NO6S. The molecule has 0 spiro atoms. The maximum absolute atomic E-state index is 12.0. The number of carboxylic acid groups (broad SMARTS) is 1. The van der Waals surface area contributed by atoms with E-state index in [1.807, 2.05) is 0 Å². The Morgan fingerprint density at radius 2 is 1.95 bits per heavy atom. The van der Waals surface area contributed by atoms with Crippen molar-refractivity contribution in [1.29, 1.82) is 0 Å². The average molecular weight is 315 g/mol. The first kappa shape index (κ1) is 17.1. The van der Waals surface area contributed by atoms with Gasteiger partial charge in [0.25, 0.3) is 5.91 Å². The molecule has 1 atom stereocenters. The lowest BCUT2D eigenvalue weighted by Crippen LogP contribution is -2.38. The molecule has 0 aromatic heterocycles. The highest BCUT2D eigenvalue weighted by Gasteiger charge is 2.22. The van der Waals surface area contributed by atoms with E-state index in [0.29, 0.717) is 0 Å². The molecule has 0 aliphatic carbocycles. The molecule has 1 unspecified atom stereocenters. The smallest absolute Gasteiger partial charge is 0.334 e. The molecule has 116 valence electrons. The normalized spacial score (nSPS) is 12.7. The van der Waals surface area contributed by atoms with Crippen LogP contribution in [-0.4, -0.2) is 50.9 Å². The van der Waals surface area contributed by atoms with Crippen LogP contribution in [0.2, 0.25) is 0 Å². The molecule has 1 amide bonds. The number of sulfone groups is 1.